The molecule has 0 N–H and O–H groups in total. The van der Waals surface area contributed by atoms with E-state index >= 15 is 0 Å². The van der Waals surface area contributed by atoms with Gasteiger partial charge in [0.2, 0.25) is 0 Å². The molecule has 0 bridgehead atoms. The van der Waals surface area contributed by atoms with Crippen LogP contribution >= 0.6 is 0 Å². The van der Waals surface area contributed by atoms with Gasteiger partial charge >= 0.3 is 0 Å². The van der Waals surface area contributed by atoms with Crippen LogP contribution in [0.2, 0.25) is 39.3 Å². The molecule has 0 radical (unpaired) electrons. The van der Waals surface area contributed by atoms with E-state index in [4.69, 9.17) is 44.9 Å². The quantitative estimate of drug-likeness (QED) is 0.104. The summed E-state index contributed by atoms with van der Waals surface area (Å²) in [7, 11) is -5.62. The number of rotatable bonds is 13. The summed E-state index contributed by atoms with van der Waals surface area (Å²) in [6.45, 7) is 14.7. The van der Waals surface area contributed by atoms with Gasteiger partial charge in [0, 0.05) is 50.1 Å². The van der Waals surface area contributed by atoms with Gasteiger partial charge in [0.05, 0.1) is 0 Å². The van der Waals surface area contributed by atoms with Crippen molar-refractivity contribution >= 4 is 87.7 Å². The van der Waals surface area contributed by atoms with Crippen LogP contribution in [0.25, 0.3) is 213 Å². The lowest BCUT2D eigenvalue weighted by atomic mass is 9.94. The molecule has 12 heteroatoms. The second kappa shape index (κ2) is 34.4. The second-order valence-corrected chi connectivity index (χ2v) is 49.6. The van der Waals surface area contributed by atoms with Crippen LogP contribution in [0.4, 0.5) is 0 Å². The standard InChI is InChI=1S/C45H33N3Si.2C39H29N3Si/c1-49(2)41-22-10-9-19-38(41)39-20-12-21-40(42(39)49)45-47-43(36-18-11-17-32(28-36)30-13-5-3-6-14-30)46-44(48-45)37-26-25-34-27-33(23-24-35(34)29-37)31-15-7-4-8-16-31;1-43(2)34-22-12-11-20-32(34)36-33(21-13-23-35(36)43)39-41-37(27-16-7-4-8-17-27)40-38(42-39)31-25-24-28(26-14-5-3-6-15-26)29-18-9-10-19-30(29)31;1-43(2)35-20-12-11-19-32(35)34-25-28(21-24-36(34)43)38-40-37(27-15-7-4-8-16-27)41-39(42-38)33-23-22-29(26-13-5-3-6-14-26)30-17-9-10-18-31(30)33/h3-29H,1-2H3;2*3-25H,1-2H3. The lowest BCUT2D eigenvalue weighted by Gasteiger charge is -2.22. The number of aromatic nitrogens is 9. The molecule has 6 heterocycles. The maximum absolute atomic E-state index is 5.26. The normalized spacial score (nSPS) is 13.0. The van der Waals surface area contributed by atoms with Crippen LogP contribution < -0.4 is 31.1 Å². The lowest BCUT2D eigenvalue weighted by molar-refractivity contribution is 1.08. The molecule has 3 aliphatic rings. The molecule has 640 valence electrons. The van der Waals surface area contributed by atoms with Crippen molar-refractivity contribution in [3.63, 3.8) is 0 Å². The summed E-state index contributed by atoms with van der Waals surface area (Å²) in [5, 5.41) is 15.7. The fourth-order valence-electron chi connectivity index (χ4n) is 20.7. The van der Waals surface area contributed by atoms with Gasteiger partial charge in [0.1, 0.15) is 24.2 Å². The summed E-state index contributed by atoms with van der Waals surface area (Å²) < 4.78 is 0. The Kier molecular flexibility index (Phi) is 21.2. The Labute approximate surface area is 789 Å². The smallest absolute Gasteiger partial charge is 0.164 e. The number of hydrogen-bond acceptors (Lipinski definition) is 9. The minimum atomic E-state index is -2.03. The lowest BCUT2D eigenvalue weighted by Crippen LogP contribution is -2.50. The van der Waals surface area contributed by atoms with Crippen molar-refractivity contribution in [1.29, 1.82) is 0 Å². The zero-order valence-corrected chi connectivity index (χ0v) is 78.7. The highest BCUT2D eigenvalue weighted by molar-refractivity contribution is 7.05. The Balaban J connectivity index is 0.000000114. The molecular weight excluding hydrogens is 1690 g/mol. The van der Waals surface area contributed by atoms with E-state index in [2.05, 4.69) is 440 Å². The van der Waals surface area contributed by atoms with Gasteiger partial charge in [0.15, 0.2) is 52.4 Å². The first-order chi connectivity index (χ1) is 66.2. The summed E-state index contributed by atoms with van der Waals surface area (Å²) in [6, 6.07) is 157. The third-order valence-corrected chi connectivity index (χ3v) is 38.1. The zero-order valence-electron chi connectivity index (χ0n) is 75.7. The van der Waals surface area contributed by atoms with Crippen LogP contribution in [0.5, 0.6) is 0 Å². The molecule has 22 aromatic rings. The van der Waals surface area contributed by atoms with Crippen molar-refractivity contribution in [3.8, 4) is 180 Å². The average molecular weight is 1780 g/mol. The third-order valence-electron chi connectivity index (χ3n) is 27.4. The Morgan fingerprint density at radius 3 is 0.941 bits per heavy atom. The molecule has 0 spiro atoms. The van der Waals surface area contributed by atoms with E-state index in [9.17, 15) is 0 Å². The van der Waals surface area contributed by atoms with Gasteiger partial charge in [-0.05, 0) is 178 Å². The van der Waals surface area contributed by atoms with Crippen molar-refractivity contribution in [2.75, 3.05) is 0 Å². The molecule has 0 saturated heterocycles. The molecule has 0 amide bonds. The monoisotopic (exact) mass is 1780 g/mol. The van der Waals surface area contributed by atoms with Gasteiger partial charge in [-0.2, -0.15) is 0 Å². The summed E-state index contributed by atoms with van der Waals surface area (Å²) in [5.74, 6) is 6.16. The van der Waals surface area contributed by atoms with Gasteiger partial charge in [0.25, 0.3) is 0 Å². The molecular formula is C123H91N9Si3. The van der Waals surface area contributed by atoms with Crippen molar-refractivity contribution < 1.29 is 0 Å². The van der Waals surface area contributed by atoms with Gasteiger partial charge < -0.3 is 0 Å². The summed E-state index contributed by atoms with van der Waals surface area (Å²) in [6.07, 6.45) is 0. The summed E-state index contributed by atoms with van der Waals surface area (Å²) >= 11 is 0. The predicted molar refractivity (Wildman–Crippen MR) is 569 cm³/mol. The largest absolute Gasteiger partial charge is 0.208 e. The molecule has 0 fully saturated rings. The molecule has 25 rings (SSSR count). The fraction of sp³-hybridized carbons (Fsp3) is 0.0488. The van der Waals surface area contributed by atoms with Crippen molar-refractivity contribution in [2.45, 2.75) is 39.3 Å². The van der Waals surface area contributed by atoms with Crippen LogP contribution in [0, 0.1) is 0 Å². The molecule has 0 saturated carbocycles. The summed E-state index contributed by atoms with van der Waals surface area (Å²) in [5.41, 5.74) is 26.4. The van der Waals surface area contributed by atoms with Crippen molar-refractivity contribution in [1.82, 2.24) is 44.9 Å². The Bertz CT molecular complexity index is 8390. The highest BCUT2D eigenvalue weighted by atomic mass is 28.3. The Morgan fingerprint density at radius 2 is 0.422 bits per heavy atom. The SMILES string of the molecule is C[Si]1(C)c2ccccc2-c2c(-c3nc(-c4ccccc4)nc(-c4ccc(-c5ccccc5)c5ccccc45)n3)cccc21.C[Si]1(C)c2ccccc2-c2cc(-c3nc(-c4ccccc4)nc(-c4ccc(-c5ccccc5)c5ccccc45)n3)ccc21.C[Si]1(C)c2ccccc2-c2cccc(-c3nc(-c4cccc(-c5ccccc5)c4)nc(-c4ccc5cc(-c6ccccc6)ccc5c4)n3)c21. The topological polar surface area (TPSA) is 116 Å². The minimum absolute atomic E-state index is 0.671. The van der Waals surface area contributed by atoms with Crippen LogP contribution in [0.1, 0.15) is 0 Å². The highest BCUT2D eigenvalue weighted by Crippen LogP contribution is 2.44. The van der Waals surface area contributed by atoms with Crippen LogP contribution in [-0.2, 0) is 0 Å². The predicted octanol–water partition coefficient (Wildman–Crippen LogP) is 27.2. The van der Waals surface area contributed by atoms with Crippen LogP contribution in [-0.4, -0.2) is 69.1 Å². The molecule has 3 aromatic heterocycles. The van der Waals surface area contributed by atoms with Gasteiger partial charge in [-0.1, -0.05) is 446 Å². The molecule has 19 aromatic carbocycles. The molecule has 3 aliphatic heterocycles. The maximum atomic E-state index is 5.26. The Morgan fingerprint density at radius 1 is 0.141 bits per heavy atom. The van der Waals surface area contributed by atoms with E-state index in [1.165, 1.54) is 114 Å². The van der Waals surface area contributed by atoms with E-state index in [-0.39, 0.29) is 0 Å². The Hall–Kier alpha value is -16.4. The molecule has 9 nitrogen and oxygen atoms in total. The van der Waals surface area contributed by atoms with Gasteiger partial charge in [-0.3, -0.25) is 0 Å². The highest BCUT2D eigenvalue weighted by Gasteiger charge is 2.42. The van der Waals surface area contributed by atoms with Crippen LogP contribution in [0.15, 0.2) is 443 Å². The van der Waals surface area contributed by atoms with E-state index in [0.717, 1.165) is 83.2 Å². The average Bonchev–Trinajstić information content (AvgIpc) is 1.58. The summed E-state index contributed by atoms with van der Waals surface area (Å²) in [4.78, 5) is 46.4. The fourth-order valence-corrected chi connectivity index (χ4v) is 30.3. The maximum Gasteiger partial charge on any atom is 0.164 e. The van der Waals surface area contributed by atoms with E-state index < -0.39 is 24.2 Å². The van der Waals surface area contributed by atoms with E-state index in [1.54, 1.807) is 0 Å². The van der Waals surface area contributed by atoms with Crippen molar-refractivity contribution in [3.05, 3.63) is 443 Å². The van der Waals surface area contributed by atoms with Gasteiger partial charge in [-0.15, -0.1) is 0 Å². The van der Waals surface area contributed by atoms with E-state index in [0.29, 0.717) is 46.6 Å². The van der Waals surface area contributed by atoms with Gasteiger partial charge in [-0.25, -0.2) is 44.9 Å². The number of benzene rings is 19. The van der Waals surface area contributed by atoms with E-state index in [1.807, 2.05) is 42.5 Å². The number of nitrogens with zero attached hydrogens (tertiary/aromatic N) is 9. The molecule has 0 aliphatic carbocycles. The third kappa shape index (κ3) is 15.2. The first-order valence-corrected chi connectivity index (χ1v) is 55.2. The first-order valence-electron chi connectivity index (χ1n) is 46.2. The second-order valence-electron chi connectivity index (χ2n) is 36.6. The van der Waals surface area contributed by atoms with Crippen LogP contribution in [0.3, 0.4) is 0 Å². The first kappa shape index (κ1) is 83.0. The zero-order chi connectivity index (χ0) is 90.9. The minimum Gasteiger partial charge on any atom is -0.208 e. The molecule has 0 unspecified atom stereocenters. The molecule has 135 heavy (non-hydrogen) atoms. The van der Waals surface area contributed by atoms with Crippen molar-refractivity contribution in [2.24, 2.45) is 0 Å². The number of hydrogen-bond donors (Lipinski definition) is 0. The number of fused-ring (bicyclic) bond motifs is 12. The molecule has 0 atom stereocenters.